The number of benzene rings is 2. The molecule has 202 valence electrons. The van der Waals surface area contributed by atoms with Crippen molar-refractivity contribution in [3.63, 3.8) is 0 Å². The zero-order chi connectivity index (χ0) is 28.0. The van der Waals surface area contributed by atoms with Crippen molar-refractivity contribution < 1.29 is 9.59 Å². The Morgan fingerprint density at radius 3 is 2.40 bits per heavy atom. The number of carbonyl (C=O) groups excluding carboxylic acids is 2. The Hall–Kier alpha value is -4.59. The Morgan fingerprint density at radius 1 is 0.950 bits per heavy atom. The van der Waals surface area contributed by atoms with Crippen molar-refractivity contribution in [2.45, 2.75) is 38.1 Å². The summed E-state index contributed by atoms with van der Waals surface area (Å²) in [5.74, 6) is 0.242. The number of fused-ring (bicyclic) bond motifs is 2. The van der Waals surface area contributed by atoms with E-state index < -0.39 is 6.04 Å². The third kappa shape index (κ3) is 4.49. The summed E-state index contributed by atoms with van der Waals surface area (Å²) in [6.07, 6.45) is 9.75. The number of nitrogens with zero attached hydrogens (tertiary/aromatic N) is 5. The van der Waals surface area contributed by atoms with Gasteiger partial charge in [0.15, 0.2) is 0 Å². The Bertz CT molecular complexity index is 1730. The molecule has 3 heterocycles. The van der Waals surface area contributed by atoms with E-state index in [1.54, 1.807) is 26.2 Å². The quantitative estimate of drug-likeness (QED) is 0.323. The number of likely N-dealkylation sites (N-methyl/N-ethyl adjacent to an activating group) is 1. The second kappa shape index (κ2) is 9.86. The Labute approximate surface area is 233 Å². The van der Waals surface area contributed by atoms with Crippen LogP contribution in [-0.2, 0) is 10.2 Å². The third-order valence-corrected chi connectivity index (χ3v) is 7.90. The average Bonchev–Trinajstić information content (AvgIpc) is 3.66. The molecule has 2 amide bonds. The molecular formula is C32H32N6O2. The van der Waals surface area contributed by atoms with Gasteiger partial charge in [-0.25, -0.2) is 9.97 Å². The second-order valence-electron chi connectivity index (χ2n) is 11.2. The molecule has 1 saturated carbocycles. The van der Waals surface area contributed by atoms with Gasteiger partial charge < -0.3 is 10.2 Å². The Kier molecular flexibility index (Phi) is 6.33. The van der Waals surface area contributed by atoms with Crippen molar-refractivity contribution in [1.29, 1.82) is 0 Å². The lowest BCUT2D eigenvalue weighted by Gasteiger charge is -2.24. The first-order valence-electron chi connectivity index (χ1n) is 13.6. The fraction of sp³-hybridized carbons (Fsp3) is 0.281. The maximum atomic E-state index is 12.9. The van der Waals surface area contributed by atoms with E-state index in [1.807, 2.05) is 50.6 Å². The summed E-state index contributed by atoms with van der Waals surface area (Å²) in [6, 6.07) is 17.4. The molecule has 8 heteroatoms. The second-order valence-corrected chi connectivity index (χ2v) is 11.2. The number of hydrogen-bond donors (Lipinski definition) is 1. The van der Waals surface area contributed by atoms with Gasteiger partial charge in [-0.05, 0) is 60.2 Å². The lowest BCUT2D eigenvalue weighted by atomic mass is 9.91. The molecule has 1 aliphatic carbocycles. The fourth-order valence-electron chi connectivity index (χ4n) is 5.40. The highest BCUT2D eigenvalue weighted by molar-refractivity contribution is 5.98. The molecule has 2 aromatic carbocycles. The predicted molar refractivity (Wildman–Crippen MR) is 155 cm³/mol. The maximum Gasteiger partial charge on any atom is 0.251 e. The highest BCUT2D eigenvalue weighted by atomic mass is 16.2. The number of aromatic nitrogens is 4. The summed E-state index contributed by atoms with van der Waals surface area (Å²) in [5.41, 5.74) is 5.66. The van der Waals surface area contributed by atoms with Crippen molar-refractivity contribution in [1.82, 2.24) is 29.6 Å². The summed E-state index contributed by atoms with van der Waals surface area (Å²) in [4.78, 5) is 40.7. The molecule has 1 N–H and O–H groups in total. The molecule has 0 aliphatic heterocycles. The van der Waals surface area contributed by atoms with Crippen LogP contribution in [0.5, 0.6) is 0 Å². The molecule has 3 aromatic heterocycles. The van der Waals surface area contributed by atoms with Gasteiger partial charge in [0.25, 0.3) is 5.91 Å². The van der Waals surface area contributed by atoms with E-state index in [0.717, 1.165) is 40.6 Å². The lowest BCUT2D eigenvalue weighted by molar-refractivity contribution is -0.131. The van der Waals surface area contributed by atoms with Crippen molar-refractivity contribution in [2.75, 3.05) is 14.1 Å². The van der Waals surface area contributed by atoms with Gasteiger partial charge in [-0.2, -0.15) is 0 Å². The highest BCUT2D eigenvalue weighted by Crippen LogP contribution is 2.53. The number of pyridine rings is 1. The zero-order valence-electron chi connectivity index (χ0n) is 23.1. The van der Waals surface area contributed by atoms with Crippen LogP contribution in [0.4, 0.5) is 0 Å². The van der Waals surface area contributed by atoms with Crippen LogP contribution in [0.25, 0.3) is 27.8 Å². The van der Waals surface area contributed by atoms with Crippen molar-refractivity contribution >= 4 is 28.5 Å². The summed E-state index contributed by atoms with van der Waals surface area (Å²) >= 11 is 0. The molecule has 0 radical (unpaired) electrons. The van der Waals surface area contributed by atoms with Crippen molar-refractivity contribution in [3.8, 4) is 11.1 Å². The maximum absolute atomic E-state index is 12.9. The van der Waals surface area contributed by atoms with E-state index >= 15 is 0 Å². The minimum Gasteiger partial charge on any atom is -0.347 e. The molecule has 0 saturated heterocycles. The van der Waals surface area contributed by atoms with E-state index in [4.69, 9.17) is 0 Å². The summed E-state index contributed by atoms with van der Waals surface area (Å²) in [5, 5.41) is 4.03. The first kappa shape index (κ1) is 25.7. The van der Waals surface area contributed by atoms with Crippen molar-refractivity contribution in [2.24, 2.45) is 5.92 Å². The molecule has 1 fully saturated rings. The van der Waals surface area contributed by atoms with Crippen LogP contribution in [0.15, 0.2) is 79.4 Å². The van der Waals surface area contributed by atoms with Crippen LogP contribution >= 0.6 is 0 Å². The van der Waals surface area contributed by atoms with Gasteiger partial charge in [-0.1, -0.05) is 38.1 Å². The molecule has 0 bridgehead atoms. The minimum absolute atomic E-state index is 0.0265. The van der Waals surface area contributed by atoms with E-state index in [-0.39, 0.29) is 23.1 Å². The van der Waals surface area contributed by atoms with Gasteiger partial charge in [0.05, 0.1) is 17.4 Å². The largest absolute Gasteiger partial charge is 0.347 e. The van der Waals surface area contributed by atoms with Crippen LogP contribution in [0.3, 0.4) is 0 Å². The molecular weight excluding hydrogens is 500 g/mol. The monoisotopic (exact) mass is 532 g/mol. The molecule has 1 aliphatic rings. The van der Waals surface area contributed by atoms with E-state index in [2.05, 4.69) is 55.1 Å². The van der Waals surface area contributed by atoms with E-state index in [9.17, 15) is 9.59 Å². The van der Waals surface area contributed by atoms with Gasteiger partial charge in [0.1, 0.15) is 6.04 Å². The summed E-state index contributed by atoms with van der Waals surface area (Å²) in [7, 11) is 3.39. The standard InChI is InChI=1S/C32H32N6O2/c1-20(2)28(30(40)37(3)4)36-29(39)22-9-7-21(8-10-22)24-17-34-31-35-18-27(38(31)19-24)32(13-14-32)25-11-12-26-23(16-25)6-5-15-33-26/h5-12,15-20,28H,13-14H2,1-4H3,(H,36,39). The summed E-state index contributed by atoms with van der Waals surface area (Å²) < 4.78 is 2.09. The Balaban J connectivity index is 1.28. The van der Waals surface area contributed by atoms with Crippen LogP contribution in [-0.4, -0.2) is 56.2 Å². The number of hydrogen-bond acceptors (Lipinski definition) is 5. The molecule has 1 atom stereocenters. The first-order chi connectivity index (χ1) is 19.3. The molecule has 5 aromatic rings. The zero-order valence-corrected chi connectivity index (χ0v) is 23.1. The average molecular weight is 533 g/mol. The van der Waals surface area contributed by atoms with Gasteiger partial charge in [0.2, 0.25) is 11.7 Å². The smallest absolute Gasteiger partial charge is 0.251 e. The number of amides is 2. The predicted octanol–water partition coefficient (Wildman–Crippen LogP) is 4.87. The van der Waals surface area contributed by atoms with Crippen molar-refractivity contribution in [3.05, 3.63) is 96.2 Å². The first-order valence-corrected chi connectivity index (χ1v) is 13.6. The minimum atomic E-state index is -0.581. The van der Waals surface area contributed by atoms with Gasteiger partial charge >= 0.3 is 0 Å². The van der Waals surface area contributed by atoms with E-state index in [0.29, 0.717) is 11.3 Å². The highest BCUT2D eigenvalue weighted by Gasteiger charge is 2.48. The summed E-state index contributed by atoms with van der Waals surface area (Å²) in [6.45, 7) is 3.85. The van der Waals surface area contributed by atoms with E-state index in [1.165, 1.54) is 10.5 Å². The number of imidazole rings is 1. The normalized spacial score (nSPS) is 14.8. The van der Waals surface area contributed by atoms with Gasteiger partial charge in [-0.15, -0.1) is 0 Å². The molecule has 1 unspecified atom stereocenters. The SMILES string of the molecule is CC(C)C(NC(=O)c1ccc(-c2cnc3ncc(C4(c5ccc6ncccc6c5)CC4)n3c2)cc1)C(=O)N(C)C. The van der Waals surface area contributed by atoms with Gasteiger partial charge in [0, 0.05) is 54.6 Å². The van der Waals surface area contributed by atoms with Crippen LogP contribution in [0, 0.1) is 5.92 Å². The lowest BCUT2D eigenvalue weighted by Crippen LogP contribution is -2.49. The molecule has 40 heavy (non-hydrogen) atoms. The van der Waals surface area contributed by atoms with Gasteiger partial charge in [-0.3, -0.25) is 19.0 Å². The molecule has 0 spiro atoms. The molecule has 6 rings (SSSR count). The molecule has 8 nitrogen and oxygen atoms in total. The number of nitrogens with one attached hydrogen (secondary N) is 1. The fourth-order valence-corrected chi connectivity index (χ4v) is 5.40. The van der Waals surface area contributed by atoms with Crippen LogP contribution < -0.4 is 5.32 Å². The topological polar surface area (TPSA) is 92.5 Å². The Morgan fingerprint density at radius 2 is 1.70 bits per heavy atom. The van der Waals surface area contributed by atoms with Crippen LogP contribution in [0.1, 0.15) is 48.3 Å². The third-order valence-electron chi connectivity index (χ3n) is 7.90. The van der Waals surface area contributed by atoms with Crippen LogP contribution in [0.2, 0.25) is 0 Å². The number of rotatable bonds is 7. The number of carbonyl (C=O) groups is 2.